The van der Waals surface area contributed by atoms with E-state index in [9.17, 15) is 0 Å². The van der Waals surface area contributed by atoms with E-state index in [0.717, 1.165) is 25.3 Å². The fourth-order valence-corrected chi connectivity index (χ4v) is 1.85. The SMILES string of the molecule is CC1OCCC1CNc1cccnc1N. The van der Waals surface area contributed by atoms with Gasteiger partial charge in [0.1, 0.15) is 5.82 Å². The lowest BCUT2D eigenvalue weighted by Gasteiger charge is -2.16. The van der Waals surface area contributed by atoms with Gasteiger partial charge < -0.3 is 15.8 Å². The van der Waals surface area contributed by atoms with Crippen molar-refractivity contribution in [3.8, 4) is 0 Å². The van der Waals surface area contributed by atoms with Gasteiger partial charge in [0.25, 0.3) is 0 Å². The van der Waals surface area contributed by atoms with Gasteiger partial charge in [-0.1, -0.05) is 0 Å². The van der Waals surface area contributed by atoms with E-state index in [0.29, 0.717) is 17.8 Å². The average Bonchev–Trinajstić information content (AvgIpc) is 2.63. The maximum atomic E-state index is 5.74. The van der Waals surface area contributed by atoms with Crippen LogP contribution in [0.3, 0.4) is 0 Å². The summed E-state index contributed by atoms with van der Waals surface area (Å²) in [5.74, 6) is 1.13. The summed E-state index contributed by atoms with van der Waals surface area (Å²) in [7, 11) is 0. The highest BCUT2D eigenvalue weighted by Crippen LogP contribution is 2.22. The summed E-state index contributed by atoms with van der Waals surface area (Å²) >= 11 is 0. The number of hydrogen-bond acceptors (Lipinski definition) is 4. The number of anilines is 2. The molecule has 82 valence electrons. The molecule has 1 aliphatic rings. The summed E-state index contributed by atoms with van der Waals surface area (Å²) in [4.78, 5) is 4.03. The lowest BCUT2D eigenvalue weighted by molar-refractivity contribution is 0.108. The second-order valence-electron chi connectivity index (χ2n) is 3.94. The largest absolute Gasteiger partial charge is 0.382 e. The van der Waals surface area contributed by atoms with Crippen LogP contribution in [0.25, 0.3) is 0 Å². The van der Waals surface area contributed by atoms with E-state index in [1.54, 1.807) is 6.20 Å². The van der Waals surface area contributed by atoms with Crippen LogP contribution in [-0.4, -0.2) is 24.2 Å². The molecule has 0 saturated carbocycles. The molecular weight excluding hydrogens is 190 g/mol. The maximum Gasteiger partial charge on any atom is 0.146 e. The molecule has 4 nitrogen and oxygen atoms in total. The van der Waals surface area contributed by atoms with Crippen molar-refractivity contribution in [2.45, 2.75) is 19.4 Å². The number of hydrogen-bond donors (Lipinski definition) is 2. The molecule has 0 amide bonds. The Bertz CT molecular complexity index is 329. The molecule has 1 aromatic rings. The predicted octanol–water partition coefficient (Wildman–Crippen LogP) is 1.50. The number of nitrogen functional groups attached to an aromatic ring is 1. The van der Waals surface area contributed by atoms with Gasteiger partial charge in [-0.05, 0) is 25.5 Å². The highest BCUT2D eigenvalue weighted by atomic mass is 16.5. The monoisotopic (exact) mass is 207 g/mol. The molecule has 2 atom stereocenters. The van der Waals surface area contributed by atoms with Gasteiger partial charge in [-0.15, -0.1) is 0 Å². The smallest absolute Gasteiger partial charge is 0.146 e. The lowest BCUT2D eigenvalue weighted by Crippen LogP contribution is -2.21. The summed E-state index contributed by atoms with van der Waals surface area (Å²) in [6, 6.07) is 3.83. The summed E-state index contributed by atoms with van der Waals surface area (Å²) in [5.41, 5.74) is 6.65. The molecule has 3 N–H and O–H groups in total. The molecule has 2 heterocycles. The van der Waals surface area contributed by atoms with Gasteiger partial charge in [0.05, 0.1) is 11.8 Å². The molecule has 0 radical (unpaired) electrons. The standard InChI is InChI=1S/C11H17N3O/c1-8-9(4-6-15-8)7-14-10-3-2-5-13-11(10)12/h2-3,5,8-9,14H,4,6-7H2,1H3,(H2,12,13). The second kappa shape index (κ2) is 4.49. The van der Waals surface area contributed by atoms with E-state index >= 15 is 0 Å². The topological polar surface area (TPSA) is 60.2 Å². The van der Waals surface area contributed by atoms with E-state index < -0.39 is 0 Å². The molecule has 1 saturated heterocycles. The number of nitrogens with two attached hydrogens (primary N) is 1. The van der Waals surface area contributed by atoms with E-state index in [1.807, 2.05) is 12.1 Å². The Labute approximate surface area is 89.8 Å². The number of nitrogens with zero attached hydrogens (tertiary/aromatic N) is 1. The summed E-state index contributed by atoms with van der Waals surface area (Å²) < 4.78 is 5.50. The van der Waals surface area contributed by atoms with Crippen LogP contribution in [0.15, 0.2) is 18.3 Å². The molecule has 0 aromatic carbocycles. The van der Waals surface area contributed by atoms with Crippen LogP contribution >= 0.6 is 0 Å². The molecule has 0 bridgehead atoms. The molecule has 0 aliphatic carbocycles. The normalized spacial score (nSPS) is 25.4. The first-order chi connectivity index (χ1) is 7.27. The predicted molar refractivity (Wildman–Crippen MR) is 60.7 cm³/mol. The summed E-state index contributed by atoms with van der Waals surface area (Å²) in [6.45, 7) is 3.89. The van der Waals surface area contributed by atoms with E-state index in [1.165, 1.54) is 0 Å². The third kappa shape index (κ3) is 2.39. The van der Waals surface area contributed by atoms with Crippen molar-refractivity contribution in [1.29, 1.82) is 0 Å². The zero-order chi connectivity index (χ0) is 10.7. The van der Waals surface area contributed by atoms with E-state index in [2.05, 4.69) is 17.2 Å². The molecule has 1 aromatic heterocycles. The fourth-order valence-electron chi connectivity index (χ4n) is 1.85. The molecule has 4 heteroatoms. The van der Waals surface area contributed by atoms with Crippen LogP contribution in [-0.2, 0) is 4.74 Å². The van der Waals surface area contributed by atoms with Crippen molar-refractivity contribution in [3.63, 3.8) is 0 Å². The van der Waals surface area contributed by atoms with Gasteiger partial charge in [-0.2, -0.15) is 0 Å². The fraction of sp³-hybridized carbons (Fsp3) is 0.545. The van der Waals surface area contributed by atoms with Crippen molar-refractivity contribution < 1.29 is 4.74 Å². The van der Waals surface area contributed by atoms with Gasteiger partial charge in [0.2, 0.25) is 0 Å². The minimum atomic E-state index is 0.343. The van der Waals surface area contributed by atoms with Crippen molar-refractivity contribution in [2.24, 2.45) is 5.92 Å². The van der Waals surface area contributed by atoms with Gasteiger partial charge in [0.15, 0.2) is 0 Å². The van der Waals surface area contributed by atoms with Gasteiger partial charge in [-0.3, -0.25) is 0 Å². The quantitative estimate of drug-likeness (QED) is 0.788. The van der Waals surface area contributed by atoms with Crippen LogP contribution < -0.4 is 11.1 Å². The van der Waals surface area contributed by atoms with Gasteiger partial charge >= 0.3 is 0 Å². The minimum Gasteiger partial charge on any atom is -0.382 e. The zero-order valence-corrected chi connectivity index (χ0v) is 8.94. The number of pyridine rings is 1. The average molecular weight is 207 g/mol. The molecule has 1 fully saturated rings. The number of ether oxygens (including phenoxy) is 1. The van der Waals surface area contributed by atoms with Crippen LogP contribution in [0.4, 0.5) is 11.5 Å². The first-order valence-electron chi connectivity index (χ1n) is 5.33. The first kappa shape index (κ1) is 10.2. The second-order valence-corrected chi connectivity index (χ2v) is 3.94. The highest BCUT2D eigenvalue weighted by molar-refractivity contribution is 5.60. The van der Waals surface area contributed by atoms with Crippen molar-refractivity contribution >= 4 is 11.5 Å². The zero-order valence-electron chi connectivity index (χ0n) is 8.94. The Morgan fingerprint density at radius 2 is 2.53 bits per heavy atom. The molecule has 15 heavy (non-hydrogen) atoms. The van der Waals surface area contributed by atoms with Gasteiger partial charge in [0, 0.05) is 25.3 Å². The molecule has 2 unspecified atom stereocenters. The third-order valence-corrected chi connectivity index (χ3v) is 2.93. The molecular formula is C11H17N3O. The van der Waals surface area contributed by atoms with E-state index in [4.69, 9.17) is 10.5 Å². The number of aromatic nitrogens is 1. The van der Waals surface area contributed by atoms with Gasteiger partial charge in [-0.25, -0.2) is 4.98 Å². The minimum absolute atomic E-state index is 0.343. The Balaban J connectivity index is 1.90. The Kier molecular flexibility index (Phi) is 3.06. The number of nitrogens with one attached hydrogen (secondary N) is 1. The van der Waals surface area contributed by atoms with Crippen LogP contribution in [0, 0.1) is 5.92 Å². The first-order valence-corrected chi connectivity index (χ1v) is 5.33. The highest BCUT2D eigenvalue weighted by Gasteiger charge is 2.23. The van der Waals surface area contributed by atoms with Crippen LogP contribution in [0.5, 0.6) is 0 Å². The summed E-state index contributed by atoms with van der Waals surface area (Å²) in [6.07, 6.45) is 3.16. The van der Waals surface area contributed by atoms with Crippen molar-refractivity contribution in [2.75, 3.05) is 24.2 Å². The number of rotatable bonds is 3. The van der Waals surface area contributed by atoms with Crippen molar-refractivity contribution in [3.05, 3.63) is 18.3 Å². The van der Waals surface area contributed by atoms with E-state index in [-0.39, 0.29) is 0 Å². The molecule has 0 spiro atoms. The lowest BCUT2D eigenvalue weighted by atomic mass is 10.0. The Morgan fingerprint density at radius 1 is 1.67 bits per heavy atom. The summed E-state index contributed by atoms with van der Waals surface area (Å²) in [5, 5.41) is 3.32. The van der Waals surface area contributed by atoms with Crippen LogP contribution in [0.1, 0.15) is 13.3 Å². The Morgan fingerprint density at radius 3 is 3.20 bits per heavy atom. The molecule has 1 aliphatic heterocycles. The third-order valence-electron chi connectivity index (χ3n) is 2.93. The maximum absolute atomic E-state index is 5.74. The molecule has 2 rings (SSSR count). The Hall–Kier alpha value is -1.29. The van der Waals surface area contributed by atoms with Crippen molar-refractivity contribution in [1.82, 2.24) is 4.98 Å². The van der Waals surface area contributed by atoms with Crippen LogP contribution in [0.2, 0.25) is 0 Å².